The molecule has 2 N–H and O–H groups in total. The number of hydrogen-bond acceptors (Lipinski definition) is 5. The molecule has 0 fully saturated rings. The molecule has 0 aromatic carbocycles. The largest absolute Gasteiger partial charge is 0.384 e. The van der Waals surface area contributed by atoms with E-state index in [9.17, 15) is 0 Å². The summed E-state index contributed by atoms with van der Waals surface area (Å²) < 4.78 is 0. The first-order valence-corrected chi connectivity index (χ1v) is 5.81. The smallest absolute Gasteiger partial charge is 0.180 e. The molecule has 0 aliphatic rings. The van der Waals surface area contributed by atoms with Gasteiger partial charge in [-0.15, -0.1) is 0 Å². The van der Waals surface area contributed by atoms with Crippen LogP contribution in [0.3, 0.4) is 0 Å². The molecule has 94 valence electrons. The summed E-state index contributed by atoms with van der Waals surface area (Å²) in [4.78, 5) is 17.1. The van der Waals surface area contributed by atoms with Gasteiger partial charge in [-0.3, -0.25) is 0 Å². The van der Waals surface area contributed by atoms with Gasteiger partial charge in [-0.1, -0.05) is 20.8 Å². The first kappa shape index (κ1) is 12.4. The third kappa shape index (κ3) is 2.61. The van der Waals surface area contributed by atoms with Crippen LogP contribution in [0, 0.1) is 6.92 Å². The van der Waals surface area contributed by atoms with Gasteiger partial charge < -0.3 is 5.73 Å². The van der Waals surface area contributed by atoms with Crippen LogP contribution in [0.1, 0.15) is 32.3 Å². The Labute approximate surface area is 107 Å². The Morgan fingerprint density at radius 2 is 1.83 bits per heavy atom. The molecule has 0 radical (unpaired) electrons. The van der Waals surface area contributed by atoms with Gasteiger partial charge in [-0.2, -0.15) is 0 Å². The summed E-state index contributed by atoms with van der Waals surface area (Å²) in [5.41, 5.74) is 7.36. The molecular weight excluding hydrogens is 226 g/mol. The van der Waals surface area contributed by atoms with Crippen molar-refractivity contribution in [1.29, 1.82) is 0 Å². The van der Waals surface area contributed by atoms with Crippen molar-refractivity contribution in [2.45, 2.75) is 33.1 Å². The predicted octanol–water partition coefficient (Wildman–Crippen LogP) is 2.12. The SMILES string of the molecule is Cc1nccc(-c2nc(N)cc(C(C)(C)C)n2)n1. The van der Waals surface area contributed by atoms with Gasteiger partial charge in [0.05, 0.1) is 5.69 Å². The highest BCUT2D eigenvalue weighted by Crippen LogP contribution is 2.23. The minimum absolute atomic E-state index is 0.0755. The summed E-state index contributed by atoms with van der Waals surface area (Å²) in [6.07, 6.45) is 1.70. The van der Waals surface area contributed by atoms with Crippen molar-refractivity contribution in [2.75, 3.05) is 5.73 Å². The van der Waals surface area contributed by atoms with E-state index in [2.05, 4.69) is 40.7 Å². The van der Waals surface area contributed by atoms with E-state index in [0.29, 0.717) is 23.2 Å². The number of rotatable bonds is 1. The third-order valence-corrected chi connectivity index (χ3v) is 2.52. The zero-order valence-corrected chi connectivity index (χ0v) is 11.1. The highest BCUT2D eigenvalue weighted by molar-refractivity contribution is 5.52. The van der Waals surface area contributed by atoms with Crippen molar-refractivity contribution in [1.82, 2.24) is 19.9 Å². The van der Waals surface area contributed by atoms with E-state index in [1.807, 2.05) is 6.92 Å². The number of aromatic nitrogens is 4. The van der Waals surface area contributed by atoms with Crippen LogP contribution in [0.4, 0.5) is 5.82 Å². The molecule has 2 heterocycles. The van der Waals surface area contributed by atoms with Crippen molar-refractivity contribution in [2.24, 2.45) is 0 Å². The zero-order valence-electron chi connectivity index (χ0n) is 11.1. The lowest BCUT2D eigenvalue weighted by molar-refractivity contribution is 0.568. The molecule has 0 unspecified atom stereocenters. The second kappa shape index (κ2) is 4.33. The number of hydrogen-bond donors (Lipinski definition) is 1. The molecule has 0 aliphatic carbocycles. The zero-order chi connectivity index (χ0) is 13.3. The van der Waals surface area contributed by atoms with Crippen LogP contribution in [-0.2, 0) is 5.41 Å². The molecule has 2 rings (SSSR count). The Bertz CT molecular complexity index is 572. The van der Waals surface area contributed by atoms with E-state index in [1.165, 1.54) is 0 Å². The molecule has 0 aliphatic heterocycles. The van der Waals surface area contributed by atoms with Gasteiger partial charge in [0.1, 0.15) is 17.3 Å². The van der Waals surface area contributed by atoms with Gasteiger partial charge in [0.2, 0.25) is 0 Å². The normalized spacial score (nSPS) is 11.6. The number of anilines is 1. The molecule has 0 spiro atoms. The van der Waals surface area contributed by atoms with Crippen LogP contribution >= 0.6 is 0 Å². The third-order valence-electron chi connectivity index (χ3n) is 2.52. The highest BCUT2D eigenvalue weighted by atomic mass is 15.0. The van der Waals surface area contributed by atoms with Gasteiger partial charge in [-0.25, -0.2) is 19.9 Å². The van der Waals surface area contributed by atoms with E-state index in [4.69, 9.17) is 5.73 Å². The lowest BCUT2D eigenvalue weighted by Gasteiger charge is -2.18. The maximum Gasteiger partial charge on any atom is 0.180 e. The van der Waals surface area contributed by atoms with Crippen molar-refractivity contribution < 1.29 is 0 Å². The summed E-state index contributed by atoms with van der Waals surface area (Å²) in [5.74, 6) is 1.70. The average Bonchev–Trinajstić information content (AvgIpc) is 2.27. The first-order valence-electron chi connectivity index (χ1n) is 5.81. The summed E-state index contributed by atoms with van der Waals surface area (Å²) in [7, 11) is 0. The van der Waals surface area contributed by atoms with Crippen LogP contribution in [0.25, 0.3) is 11.5 Å². The summed E-state index contributed by atoms with van der Waals surface area (Å²) >= 11 is 0. The van der Waals surface area contributed by atoms with E-state index < -0.39 is 0 Å². The van der Waals surface area contributed by atoms with Gasteiger partial charge in [0.15, 0.2) is 5.82 Å². The Hall–Kier alpha value is -2.04. The molecule has 0 saturated heterocycles. The maximum atomic E-state index is 5.84. The van der Waals surface area contributed by atoms with Crippen LogP contribution in [-0.4, -0.2) is 19.9 Å². The molecule has 5 nitrogen and oxygen atoms in total. The molecule has 0 bridgehead atoms. The van der Waals surface area contributed by atoms with Gasteiger partial charge in [0.25, 0.3) is 0 Å². The Balaban J connectivity index is 2.55. The van der Waals surface area contributed by atoms with Crippen molar-refractivity contribution in [3.8, 4) is 11.5 Å². The minimum Gasteiger partial charge on any atom is -0.384 e. The lowest BCUT2D eigenvalue weighted by atomic mass is 9.92. The van der Waals surface area contributed by atoms with E-state index in [0.717, 1.165) is 5.69 Å². The summed E-state index contributed by atoms with van der Waals surface area (Å²) in [5, 5.41) is 0. The maximum absolute atomic E-state index is 5.84. The standard InChI is InChI=1S/C13H17N5/c1-8-15-6-5-9(16-8)12-17-10(13(2,3)4)7-11(14)18-12/h5-7H,1-4H3,(H2,14,17,18). The predicted molar refractivity (Wildman–Crippen MR) is 70.9 cm³/mol. The van der Waals surface area contributed by atoms with Gasteiger partial charge >= 0.3 is 0 Å². The fourth-order valence-electron chi connectivity index (χ4n) is 1.55. The fourth-order valence-corrected chi connectivity index (χ4v) is 1.55. The number of nitrogen functional groups attached to an aromatic ring is 1. The number of aryl methyl sites for hydroxylation is 1. The number of nitrogens with two attached hydrogens (primary N) is 1. The first-order chi connectivity index (χ1) is 8.36. The molecule has 0 amide bonds. The average molecular weight is 243 g/mol. The molecule has 2 aromatic heterocycles. The molecule has 5 heteroatoms. The van der Waals surface area contributed by atoms with Gasteiger partial charge in [-0.05, 0) is 13.0 Å². The van der Waals surface area contributed by atoms with Crippen molar-refractivity contribution >= 4 is 5.82 Å². The molecule has 2 aromatic rings. The topological polar surface area (TPSA) is 77.6 Å². The molecule has 18 heavy (non-hydrogen) atoms. The minimum atomic E-state index is -0.0755. The van der Waals surface area contributed by atoms with Crippen molar-refractivity contribution in [3.63, 3.8) is 0 Å². The summed E-state index contributed by atoms with van der Waals surface area (Å²) in [6, 6.07) is 3.59. The molecular formula is C13H17N5. The lowest BCUT2D eigenvalue weighted by Crippen LogP contribution is -2.15. The second-order valence-electron chi connectivity index (χ2n) is 5.24. The quantitative estimate of drug-likeness (QED) is 0.830. The van der Waals surface area contributed by atoms with E-state index >= 15 is 0 Å². The summed E-state index contributed by atoms with van der Waals surface area (Å²) in [6.45, 7) is 8.10. The highest BCUT2D eigenvalue weighted by Gasteiger charge is 2.18. The van der Waals surface area contributed by atoms with Crippen LogP contribution in [0.15, 0.2) is 18.3 Å². The van der Waals surface area contributed by atoms with E-state index in [1.54, 1.807) is 18.3 Å². The Morgan fingerprint density at radius 1 is 1.11 bits per heavy atom. The van der Waals surface area contributed by atoms with Crippen molar-refractivity contribution in [3.05, 3.63) is 29.8 Å². The Kier molecular flexibility index (Phi) is 2.98. The van der Waals surface area contributed by atoms with E-state index in [-0.39, 0.29) is 5.41 Å². The van der Waals surface area contributed by atoms with Crippen LogP contribution in [0.5, 0.6) is 0 Å². The number of nitrogens with zero attached hydrogens (tertiary/aromatic N) is 4. The molecule has 0 saturated carbocycles. The van der Waals surface area contributed by atoms with Crippen LogP contribution < -0.4 is 5.73 Å². The monoisotopic (exact) mass is 243 g/mol. The van der Waals surface area contributed by atoms with Gasteiger partial charge in [0, 0.05) is 17.7 Å². The second-order valence-corrected chi connectivity index (χ2v) is 5.24. The Morgan fingerprint density at radius 3 is 2.44 bits per heavy atom. The van der Waals surface area contributed by atoms with Crippen LogP contribution in [0.2, 0.25) is 0 Å². The fraction of sp³-hybridized carbons (Fsp3) is 0.385. The molecule has 0 atom stereocenters.